The molecule has 0 spiro atoms. The molecular formula is C13H21NO4. The zero-order valence-corrected chi connectivity index (χ0v) is 11.3. The van der Waals surface area contributed by atoms with Gasteiger partial charge < -0.3 is 14.4 Å². The van der Waals surface area contributed by atoms with E-state index in [9.17, 15) is 9.59 Å². The van der Waals surface area contributed by atoms with Gasteiger partial charge in [-0.05, 0) is 39.3 Å². The van der Waals surface area contributed by atoms with Crippen molar-refractivity contribution in [2.45, 2.75) is 26.7 Å². The second-order valence-corrected chi connectivity index (χ2v) is 4.22. The predicted molar refractivity (Wildman–Crippen MR) is 67.0 cm³/mol. The van der Waals surface area contributed by atoms with Crippen molar-refractivity contribution in [3.05, 3.63) is 11.1 Å². The summed E-state index contributed by atoms with van der Waals surface area (Å²) in [4.78, 5) is 25.9. The van der Waals surface area contributed by atoms with E-state index in [-0.39, 0.29) is 18.8 Å². The number of hydrogen-bond acceptors (Lipinski definition) is 5. The lowest BCUT2D eigenvalue weighted by Crippen LogP contribution is -2.29. The molecule has 1 fully saturated rings. The smallest absolute Gasteiger partial charge is 0.345 e. The summed E-state index contributed by atoms with van der Waals surface area (Å²) in [5.41, 5.74) is 0.955. The van der Waals surface area contributed by atoms with Gasteiger partial charge in [-0.3, -0.25) is 0 Å². The van der Waals surface area contributed by atoms with Gasteiger partial charge in [0.25, 0.3) is 0 Å². The lowest BCUT2D eigenvalue weighted by molar-refractivity contribution is -0.146. The minimum Gasteiger partial charge on any atom is -0.462 e. The summed E-state index contributed by atoms with van der Waals surface area (Å²) in [7, 11) is 2.02. The second-order valence-electron chi connectivity index (χ2n) is 4.22. The molecule has 1 rings (SSSR count). The maximum atomic E-state index is 11.8. The number of piperidine rings is 1. The molecule has 0 N–H and O–H groups in total. The fourth-order valence-corrected chi connectivity index (χ4v) is 1.92. The van der Waals surface area contributed by atoms with Crippen LogP contribution in [0.25, 0.3) is 0 Å². The Hall–Kier alpha value is -1.36. The Morgan fingerprint density at radius 3 is 1.89 bits per heavy atom. The van der Waals surface area contributed by atoms with Crippen molar-refractivity contribution < 1.29 is 19.1 Å². The van der Waals surface area contributed by atoms with Crippen LogP contribution in [-0.4, -0.2) is 50.2 Å². The van der Waals surface area contributed by atoms with E-state index in [2.05, 4.69) is 4.90 Å². The van der Waals surface area contributed by atoms with Crippen LogP contribution >= 0.6 is 0 Å². The molecular weight excluding hydrogens is 234 g/mol. The van der Waals surface area contributed by atoms with Gasteiger partial charge in [0.15, 0.2) is 0 Å². The third-order valence-electron chi connectivity index (χ3n) is 2.90. The molecule has 0 atom stereocenters. The summed E-state index contributed by atoms with van der Waals surface area (Å²) in [5, 5.41) is 0. The zero-order valence-electron chi connectivity index (χ0n) is 11.3. The van der Waals surface area contributed by atoms with Crippen LogP contribution in [0, 0.1) is 0 Å². The Morgan fingerprint density at radius 1 is 1.06 bits per heavy atom. The van der Waals surface area contributed by atoms with Gasteiger partial charge in [0.2, 0.25) is 0 Å². The first kappa shape index (κ1) is 14.7. The first-order valence-electron chi connectivity index (χ1n) is 6.34. The van der Waals surface area contributed by atoms with Crippen LogP contribution in [0.4, 0.5) is 0 Å². The standard InChI is InChI=1S/C13H21NO4/c1-4-17-12(15)11(13(16)18-5-2)10-6-8-14(3)9-7-10/h4-9H2,1-3H3. The molecule has 0 aromatic heterocycles. The molecule has 0 saturated carbocycles. The SMILES string of the molecule is CCOC(=O)C(C(=O)OCC)=C1CCN(C)CC1. The third-order valence-corrected chi connectivity index (χ3v) is 2.90. The molecule has 0 aromatic carbocycles. The van der Waals surface area contributed by atoms with Crippen molar-refractivity contribution in [3.8, 4) is 0 Å². The highest BCUT2D eigenvalue weighted by atomic mass is 16.6. The number of esters is 2. The average molecular weight is 255 g/mol. The molecule has 0 aromatic rings. The monoisotopic (exact) mass is 255 g/mol. The van der Waals surface area contributed by atoms with E-state index >= 15 is 0 Å². The molecule has 0 bridgehead atoms. The molecule has 0 unspecified atom stereocenters. The second kappa shape index (κ2) is 7.16. The van der Waals surface area contributed by atoms with Crippen molar-refractivity contribution in [2.75, 3.05) is 33.4 Å². The van der Waals surface area contributed by atoms with E-state index in [1.54, 1.807) is 13.8 Å². The number of likely N-dealkylation sites (tertiary alicyclic amines) is 1. The lowest BCUT2D eigenvalue weighted by atomic mass is 9.98. The van der Waals surface area contributed by atoms with Crippen molar-refractivity contribution in [2.24, 2.45) is 0 Å². The highest BCUT2D eigenvalue weighted by Gasteiger charge is 2.27. The summed E-state index contributed by atoms with van der Waals surface area (Å²) in [6.45, 7) is 5.65. The van der Waals surface area contributed by atoms with Gasteiger partial charge in [-0.25, -0.2) is 9.59 Å². The van der Waals surface area contributed by atoms with Crippen molar-refractivity contribution in [3.63, 3.8) is 0 Å². The molecule has 18 heavy (non-hydrogen) atoms. The minimum atomic E-state index is -0.560. The Kier molecular flexibility index (Phi) is 5.85. The first-order chi connectivity index (χ1) is 8.60. The predicted octanol–water partition coefficient (Wildman–Crippen LogP) is 1.13. The molecule has 5 nitrogen and oxygen atoms in total. The summed E-state index contributed by atoms with van der Waals surface area (Å²) in [5.74, 6) is -1.12. The first-order valence-corrected chi connectivity index (χ1v) is 6.34. The minimum absolute atomic E-state index is 0.104. The number of carbonyl (C=O) groups excluding carboxylic acids is 2. The Balaban J connectivity index is 2.92. The highest BCUT2D eigenvalue weighted by molar-refractivity contribution is 6.14. The van der Waals surface area contributed by atoms with E-state index < -0.39 is 11.9 Å². The molecule has 0 amide bonds. The average Bonchev–Trinajstić information content (AvgIpc) is 2.33. The topological polar surface area (TPSA) is 55.8 Å². The van der Waals surface area contributed by atoms with E-state index in [4.69, 9.17) is 9.47 Å². The van der Waals surface area contributed by atoms with Crippen LogP contribution < -0.4 is 0 Å². The number of ether oxygens (including phenoxy) is 2. The molecule has 1 heterocycles. The van der Waals surface area contributed by atoms with E-state index in [1.165, 1.54) is 0 Å². The van der Waals surface area contributed by atoms with Crippen LogP contribution in [0.5, 0.6) is 0 Å². The van der Waals surface area contributed by atoms with Crippen molar-refractivity contribution in [1.82, 2.24) is 4.90 Å². The van der Waals surface area contributed by atoms with Crippen molar-refractivity contribution >= 4 is 11.9 Å². The Labute approximate surface area is 108 Å². The Bertz CT molecular complexity index is 319. The van der Waals surface area contributed by atoms with E-state index in [0.29, 0.717) is 12.8 Å². The molecule has 102 valence electrons. The van der Waals surface area contributed by atoms with E-state index in [1.807, 2.05) is 7.05 Å². The number of rotatable bonds is 4. The molecule has 1 saturated heterocycles. The van der Waals surface area contributed by atoms with Gasteiger partial charge >= 0.3 is 11.9 Å². The maximum absolute atomic E-state index is 11.8. The summed E-state index contributed by atoms with van der Waals surface area (Å²) < 4.78 is 9.88. The number of hydrogen-bond donors (Lipinski definition) is 0. The van der Waals surface area contributed by atoms with Gasteiger partial charge in [0.1, 0.15) is 5.57 Å². The molecule has 5 heteroatoms. The molecule has 0 aliphatic carbocycles. The van der Waals surface area contributed by atoms with Gasteiger partial charge in [-0.1, -0.05) is 0 Å². The molecule has 1 aliphatic heterocycles. The van der Waals surface area contributed by atoms with E-state index in [0.717, 1.165) is 18.7 Å². The molecule has 1 aliphatic rings. The lowest BCUT2D eigenvalue weighted by Gasteiger charge is -2.25. The summed E-state index contributed by atoms with van der Waals surface area (Å²) >= 11 is 0. The normalized spacial score (nSPS) is 16.3. The quantitative estimate of drug-likeness (QED) is 0.326. The fraction of sp³-hybridized carbons (Fsp3) is 0.692. The van der Waals surface area contributed by atoms with Crippen LogP contribution in [0.15, 0.2) is 11.1 Å². The Morgan fingerprint density at radius 2 is 1.50 bits per heavy atom. The maximum Gasteiger partial charge on any atom is 0.345 e. The van der Waals surface area contributed by atoms with Gasteiger partial charge in [0.05, 0.1) is 13.2 Å². The van der Waals surface area contributed by atoms with Crippen LogP contribution in [0.2, 0.25) is 0 Å². The third kappa shape index (κ3) is 3.84. The largest absolute Gasteiger partial charge is 0.462 e. The molecule has 0 radical (unpaired) electrons. The van der Waals surface area contributed by atoms with Gasteiger partial charge in [-0.15, -0.1) is 0 Å². The van der Waals surface area contributed by atoms with Gasteiger partial charge in [0, 0.05) is 13.1 Å². The van der Waals surface area contributed by atoms with Crippen LogP contribution in [0.3, 0.4) is 0 Å². The van der Waals surface area contributed by atoms with Crippen LogP contribution in [0.1, 0.15) is 26.7 Å². The van der Waals surface area contributed by atoms with Crippen LogP contribution in [-0.2, 0) is 19.1 Å². The highest BCUT2D eigenvalue weighted by Crippen LogP contribution is 2.21. The summed E-state index contributed by atoms with van der Waals surface area (Å²) in [6.07, 6.45) is 1.42. The number of carbonyl (C=O) groups is 2. The fourth-order valence-electron chi connectivity index (χ4n) is 1.92. The van der Waals surface area contributed by atoms with Crippen molar-refractivity contribution in [1.29, 1.82) is 0 Å². The zero-order chi connectivity index (χ0) is 13.5. The van der Waals surface area contributed by atoms with Gasteiger partial charge in [-0.2, -0.15) is 0 Å². The number of nitrogens with zero attached hydrogens (tertiary/aromatic N) is 1. The summed E-state index contributed by atoms with van der Waals surface area (Å²) in [6, 6.07) is 0.